The van der Waals surface area contributed by atoms with Gasteiger partial charge in [-0.1, -0.05) is 0 Å². The summed E-state index contributed by atoms with van der Waals surface area (Å²) in [7, 11) is 3.72. The summed E-state index contributed by atoms with van der Waals surface area (Å²) >= 11 is 0. The van der Waals surface area contributed by atoms with E-state index in [0.717, 1.165) is 37.5 Å². The Morgan fingerprint density at radius 1 is 1.62 bits per heavy atom. The van der Waals surface area contributed by atoms with E-state index in [9.17, 15) is 0 Å². The molecule has 2 N–H and O–H groups in total. The third-order valence-corrected chi connectivity index (χ3v) is 2.09. The third kappa shape index (κ3) is 3.06. The molecule has 13 heavy (non-hydrogen) atoms. The van der Waals surface area contributed by atoms with Crippen molar-refractivity contribution in [1.82, 2.24) is 4.90 Å². The van der Waals surface area contributed by atoms with Gasteiger partial charge in [0.05, 0.1) is 6.61 Å². The summed E-state index contributed by atoms with van der Waals surface area (Å²) in [5.74, 6) is 1.09. The summed E-state index contributed by atoms with van der Waals surface area (Å²) in [6.45, 7) is 1.61. The number of hydrogen-bond acceptors (Lipinski definition) is 4. The summed E-state index contributed by atoms with van der Waals surface area (Å²) in [6, 6.07) is 0. The normalized spacial score (nSPS) is 16.5. The topological polar surface area (TPSA) is 50.8 Å². The average Bonchev–Trinajstić information content (AvgIpc) is 2.15. The van der Waals surface area contributed by atoms with E-state index in [1.165, 1.54) is 0 Å². The highest BCUT2D eigenvalue weighted by Crippen LogP contribution is 2.09. The summed E-state index contributed by atoms with van der Waals surface area (Å²) in [5, 5.41) is 0. The number of rotatable bonds is 3. The summed E-state index contributed by atoms with van der Waals surface area (Å²) in [6.07, 6.45) is 3.58. The molecule has 0 amide bonds. The lowest BCUT2D eigenvalue weighted by Gasteiger charge is -2.22. The standard InChI is InChI=1S/C9H17N3O/c1-12(5-6-13-2)9-4-3-8(10)7-11-9/h7H,3-6,10H2,1-2H3. The molecule has 0 saturated heterocycles. The fourth-order valence-corrected chi connectivity index (χ4v) is 1.19. The SMILES string of the molecule is COCCN(C)C1=NC=C(N)CC1. The highest BCUT2D eigenvalue weighted by molar-refractivity contribution is 5.83. The monoisotopic (exact) mass is 183 g/mol. The molecule has 1 heterocycles. The molecule has 0 aliphatic carbocycles. The van der Waals surface area contributed by atoms with Crippen LogP contribution in [0.5, 0.6) is 0 Å². The van der Waals surface area contributed by atoms with E-state index < -0.39 is 0 Å². The number of hydrogen-bond donors (Lipinski definition) is 1. The first kappa shape index (κ1) is 10.1. The predicted octanol–water partition coefficient (Wildman–Crippen LogP) is 0.557. The second-order valence-electron chi connectivity index (χ2n) is 3.16. The van der Waals surface area contributed by atoms with Crippen molar-refractivity contribution in [3.63, 3.8) is 0 Å². The maximum atomic E-state index is 5.61. The Morgan fingerprint density at radius 2 is 2.38 bits per heavy atom. The molecule has 74 valence electrons. The van der Waals surface area contributed by atoms with Crippen LogP contribution in [0.3, 0.4) is 0 Å². The predicted molar refractivity (Wildman–Crippen MR) is 53.4 cm³/mol. The lowest BCUT2D eigenvalue weighted by atomic mass is 10.2. The van der Waals surface area contributed by atoms with Crippen LogP contribution in [0.15, 0.2) is 16.9 Å². The Kier molecular flexibility index (Phi) is 3.76. The first-order valence-electron chi connectivity index (χ1n) is 4.45. The molecular formula is C9H17N3O. The Balaban J connectivity index is 2.43. The number of allylic oxidation sites excluding steroid dienone is 1. The van der Waals surface area contributed by atoms with Crippen LogP contribution in [0.25, 0.3) is 0 Å². The fourth-order valence-electron chi connectivity index (χ4n) is 1.19. The van der Waals surface area contributed by atoms with Gasteiger partial charge in [-0.05, 0) is 6.42 Å². The smallest absolute Gasteiger partial charge is 0.104 e. The van der Waals surface area contributed by atoms with Gasteiger partial charge in [0.1, 0.15) is 5.84 Å². The van der Waals surface area contributed by atoms with Gasteiger partial charge in [-0.25, -0.2) is 4.99 Å². The number of ether oxygens (including phenoxy) is 1. The van der Waals surface area contributed by atoms with Crippen molar-refractivity contribution in [2.45, 2.75) is 12.8 Å². The van der Waals surface area contributed by atoms with Gasteiger partial charge in [0.15, 0.2) is 0 Å². The summed E-state index contributed by atoms with van der Waals surface area (Å²) in [5.41, 5.74) is 6.47. The molecular weight excluding hydrogens is 166 g/mol. The van der Waals surface area contributed by atoms with Crippen molar-refractivity contribution in [3.8, 4) is 0 Å². The van der Waals surface area contributed by atoms with Crippen LogP contribution in [-0.2, 0) is 4.74 Å². The van der Waals surface area contributed by atoms with E-state index >= 15 is 0 Å². The molecule has 0 saturated carbocycles. The second-order valence-corrected chi connectivity index (χ2v) is 3.16. The molecule has 0 unspecified atom stereocenters. The Hall–Kier alpha value is -1.03. The maximum absolute atomic E-state index is 5.61. The van der Waals surface area contributed by atoms with Crippen LogP contribution in [-0.4, -0.2) is 38.0 Å². The quantitative estimate of drug-likeness (QED) is 0.695. The molecule has 0 aromatic carbocycles. The molecule has 1 aliphatic heterocycles. The Bertz CT molecular complexity index is 223. The molecule has 0 atom stereocenters. The molecule has 0 aromatic heterocycles. The molecule has 0 aromatic rings. The number of nitrogens with zero attached hydrogens (tertiary/aromatic N) is 2. The van der Waals surface area contributed by atoms with Crippen molar-refractivity contribution in [2.75, 3.05) is 27.3 Å². The highest BCUT2D eigenvalue weighted by atomic mass is 16.5. The van der Waals surface area contributed by atoms with Crippen LogP contribution in [0.2, 0.25) is 0 Å². The maximum Gasteiger partial charge on any atom is 0.104 e. The minimum absolute atomic E-state index is 0.731. The first-order chi connectivity index (χ1) is 6.24. The van der Waals surface area contributed by atoms with Gasteiger partial charge < -0.3 is 15.4 Å². The van der Waals surface area contributed by atoms with Crippen molar-refractivity contribution in [1.29, 1.82) is 0 Å². The first-order valence-corrected chi connectivity index (χ1v) is 4.45. The fraction of sp³-hybridized carbons (Fsp3) is 0.667. The van der Waals surface area contributed by atoms with Gasteiger partial charge in [-0.15, -0.1) is 0 Å². The molecule has 1 rings (SSSR count). The van der Waals surface area contributed by atoms with Gasteiger partial charge in [-0.2, -0.15) is 0 Å². The molecule has 1 aliphatic rings. The highest BCUT2D eigenvalue weighted by Gasteiger charge is 2.09. The van der Waals surface area contributed by atoms with E-state index in [1.54, 1.807) is 13.3 Å². The Morgan fingerprint density at radius 3 is 2.92 bits per heavy atom. The molecule has 4 heteroatoms. The van der Waals surface area contributed by atoms with E-state index in [1.807, 2.05) is 7.05 Å². The van der Waals surface area contributed by atoms with Gasteiger partial charge >= 0.3 is 0 Å². The van der Waals surface area contributed by atoms with E-state index in [0.29, 0.717) is 0 Å². The Labute approximate surface area is 79.1 Å². The van der Waals surface area contributed by atoms with Crippen molar-refractivity contribution in [3.05, 3.63) is 11.9 Å². The van der Waals surface area contributed by atoms with Crippen LogP contribution >= 0.6 is 0 Å². The minimum Gasteiger partial charge on any atom is -0.401 e. The lowest BCUT2D eigenvalue weighted by molar-refractivity contribution is 0.182. The van der Waals surface area contributed by atoms with Gasteiger partial charge in [-0.3, -0.25) is 0 Å². The number of methoxy groups -OCH3 is 1. The molecule has 0 fully saturated rings. The second kappa shape index (κ2) is 4.87. The van der Waals surface area contributed by atoms with Gasteiger partial charge in [0.25, 0.3) is 0 Å². The zero-order valence-electron chi connectivity index (χ0n) is 8.29. The zero-order chi connectivity index (χ0) is 9.68. The van der Waals surface area contributed by atoms with Crippen molar-refractivity contribution in [2.24, 2.45) is 10.7 Å². The van der Waals surface area contributed by atoms with E-state index in [-0.39, 0.29) is 0 Å². The molecule has 0 bridgehead atoms. The average molecular weight is 183 g/mol. The van der Waals surface area contributed by atoms with Gasteiger partial charge in [0.2, 0.25) is 0 Å². The number of likely N-dealkylation sites (N-methyl/N-ethyl adjacent to an activating group) is 1. The zero-order valence-corrected chi connectivity index (χ0v) is 8.29. The summed E-state index contributed by atoms with van der Waals surface area (Å²) in [4.78, 5) is 6.37. The molecule has 4 nitrogen and oxygen atoms in total. The van der Waals surface area contributed by atoms with Crippen LogP contribution in [0.1, 0.15) is 12.8 Å². The number of aliphatic imine (C=N–C) groups is 1. The van der Waals surface area contributed by atoms with Gasteiger partial charge in [0, 0.05) is 39.0 Å². The minimum atomic E-state index is 0.731. The number of amidine groups is 1. The van der Waals surface area contributed by atoms with Crippen LogP contribution in [0.4, 0.5) is 0 Å². The number of nitrogens with two attached hydrogens (primary N) is 1. The largest absolute Gasteiger partial charge is 0.401 e. The van der Waals surface area contributed by atoms with Crippen LogP contribution in [0, 0.1) is 0 Å². The third-order valence-electron chi connectivity index (χ3n) is 2.09. The van der Waals surface area contributed by atoms with E-state index in [4.69, 9.17) is 10.5 Å². The summed E-state index contributed by atoms with van der Waals surface area (Å²) < 4.78 is 4.99. The van der Waals surface area contributed by atoms with Crippen molar-refractivity contribution >= 4 is 5.84 Å². The van der Waals surface area contributed by atoms with E-state index in [2.05, 4.69) is 9.89 Å². The lowest BCUT2D eigenvalue weighted by Crippen LogP contribution is -2.31. The van der Waals surface area contributed by atoms with Crippen molar-refractivity contribution < 1.29 is 4.74 Å². The molecule has 0 radical (unpaired) electrons. The van der Waals surface area contributed by atoms with Crippen LogP contribution < -0.4 is 5.73 Å². The molecule has 0 spiro atoms.